The Labute approximate surface area is 75.7 Å². The lowest BCUT2D eigenvalue weighted by Crippen LogP contribution is -2.21. The molecule has 42 valence electrons. The van der Waals surface area contributed by atoms with Gasteiger partial charge in [0, 0.05) is 34.7 Å². The van der Waals surface area contributed by atoms with Gasteiger partial charge in [-0.15, -0.1) is 2.78 Å². The summed E-state index contributed by atoms with van der Waals surface area (Å²) in [5, 5.41) is 0. The molecule has 0 bridgehead atoms. The molecule has 0 spiro atoms. The molecule has 0 amide bonds. The minimum absolute atomic E-state index is 1.24. The minimum atomic E-state index is 1.24. The summed E-state index contributed by atoms with van der Waals surface area (Å²) in [5.74, 6) is 0. The van der Waals surface area contributed by atoms with E-state index in [9.17, 15) is 0 Å². The largest absolute Gasteiger partial charge is 0.354 e. The Morgan fingerprint density at radius 3 is 2.50 bits per heavy atom. The van der Waals surface area contributed by atoms with Crippen molar-refractivity contribution in [1.82, 2.24) is 0 Å². The number of pyridine rings is 1. The molecule has 0 aliphatic rings. The number of aromatic nitrogens is 1. The van der Waals surface area contributed by atoms with Gasteiger partial charge >= 0.3 is 22.9 Å². The maximum atomic E-state index is 2.28. The molecular weight excluding hydrogens is 328 g/mol. The van der Waals surface area contributed by atoms with Crippen LogP contribution < -0.4 is 2.78 Å². The van der Waals surface area contributed by atoms with Gasteiger partial charge in [-0.3, -0.25) is 0 Å². The first-order valence-corrected chi connectivity index (χ1v) is 4.17. The van der Waals surface area contributed by atoms with Crippen LogP contribution in [0.2, 0.25) is 0 Å². The standard InChI is InChI=1S/C5H4I2N/c6-5-3-1-2-4-8(5)7/h1-4H/q+1. The van der Waals surface area contributed by atoms with Gasteiger partial charge in [0.15, 0.2) is 6.20 Å². The van der Waals surface area contributed by atoms with E-state index in [-0.39, 0.29) is 0 Å². The SMILES string of the molecule is Ic1cccc[n+]1I. The fourth-order valence-corrected chi connectivity index (χ4v) is 1.12. The van der Waals surface area contributed by atoms with Crippen LogP contribution in [0.4, 0.5) is 0 Å². The van der Waals surface area contributed by atoms with E-state index in [0.29, 0.717) is 0 Å². The third-order valence-corrected chi connectivity index (χ3v) is 3.41. The van der Waals surface area contributed by atoms with Crippen molar-refractivity contribution in [3.63, 3.8) is 0 Å². The van der Waals surface area contributed by atoms with Gasteiger partial charge in [0.1, 0.15) is 0 Å². The third kappa shape index (κ3) is 1.54. The maximum Gasteiger partial charge on any atom is 0.354 e. The van der Waals surface area contributed by atoms with Crippen molar-refractivity contribution in [2.24, 2.45) is 0 Å². The number of rotatable bonds is 0. The molecule has 1 nitrogen and oxygen atoms in total. The van der Waals surface area contributed by atoms with E-state index in [2.05, 4.69) is 51.5 Å². The highest BCUT2D eigenvalue weighted by Gasteiger charge is 1.97. The van der Waals surface area contributed by atoms with Gasteiger partial charge in [0.05, 0.1) is 0 Å². The zero-order valence-corrected chi connectivity index (χ0v) is 8.33. The fourth-order valence-electron chi connectivity index (χ4n) is 0.403. The van der Waals surface area contributed by atoms with Crippen LogP contribution in [0.1, 0.15) is 0 Å². The molecule has 0 saturated heterocycles. The van der Waals surface area contributed by atoms with Gasteiger partial charge in [-0.05, 0) is 6.07 Å². The molecule has 1 heterocycles. The maximum absolute atomic E-state index is 2.28. The molecule has 0 fully saturated rings. The Morgan fingerprint density at radius 1 is 1.38 bits per heavy atom. The molecular formula is C5H4I2N+. The molecule has 0 atom stereocenters. The van der Waals surface area contributed by atoms with E-state index in [1.165, 1.54) is 3.70 Å². The van der Waals surface area contributed by atoms with E-state index >= 15 is 0 Å². The quantitative estimate of drug-likeness (QED) is 0.504. The van der Waals surface area contributed by atoms with Crippen molar-refractivity contribution in [1.29, 1.82) is 0 Å². The predicted molar refractivity (Wildman–Crippen MR) is 48.8 cm³/mol. The summed E-state index contributed by atoms with van der Waals surface area (Å²) in [7, 11) is 0. The monoisotopic (exact) mass is 332 g/mol. The van der Waals surface area contributed by atoms with Gasteiger partial charge < -0.3 is 0 Å². The Hall–Kier alpha value is 0.610. The fraction of sp³-hybridized carbons (Fsp3) is 0. The molecule has 1 aromatic heterocycles. The van der Waals surface area contributed by atoms with E-state index in [4.69, 9.17) is 0 Å². The van der Waals surface area contributed by atoms with Gasteiger partial charge in [0.2, 0.25) is 3.70 Å². The molecule has 0 unspecified atom stereocenters. The normalized spacial score (nSPS) is 9.25. The first-order valence-electron chi connectivity index (χ1n) is 2.13. The van der Waals surface area contributed by atoms with Crippen molar-refractivity contribution < 1.29 is 2.78 Å². The summed E-state index contributed by atoms with van der Waals surface area (Å²) in [6, 6.07) is 6.10. The van der Waals surface area contributed by atoms with E-state index in [0.717, 1.165) is 0 Å². The average molecular weight is 332 g/mol. The Balaban J connectivity index is 3.13. The lowest BCUT2D eigenvalue weighted by atomic mass is 10.5. The third-order valence-electron chi connectivity index (χ3n) is 0.766. The number of halogens is 2. The molecule has 1 aromatic rings. The van der Waals surface area contributed by atoms with Gasteiger partial charge in [-0.1, -0.05) is 0 Å². The lowest BCUT2D eigenvalue weighted by Gasteiger charge is -1.81. The highest BCUT2D eigenvalue weighted by Crippen LogP contribution is 1.96. The number of nitrogens with zero attached hydrogens (tertiary/aromatic N) is 1. The van der Waals surface area contributed by atoms with E-state index < -0.39 is 0 Å². The second-order valence-electron chi connectivity index (χ2n) is 1.33. The van der Waals surface area contributed by atoms with Crippen LogP contribution in [0.15, 0.2) is 24.4 Å². The van der Waals surface area contributed by atoms with Gasteiger partial charge in [-0.25, -0.2) is 0 Å². The Kier molecular flexibility index (Phi) is 2.48. The van der Waals surface area contributed by atoms with Crippen LogP contribution in [0, 0.1) is 3.70 Å². The van der Waals surface area contributed by atoms with Crippen LogP contribution in [-0.2, 0) is 0 Å². The van der Waals surface area contributed by atoms with E-state index in [1.54, 1.807) is 0 Å². The highest BCUT2D eigenvalue weighted by molar-refractivity contribution is 14.1. The molecule has 3 heteroatoms. The van der Waals surface area contributed by atoms with Crippen LogP contribution in [0.25, 0.3) is 0 Å². The van der Waals surface area contributed by atoms with Crippen molar-refractivity contribution in [2.75, 3.05) is 0 Å². The molecule has 0 aliphatic carbocycles. The summed E-state index contributed by atoms with van der Waals surface area (Å²) in [6.07, 6.45) is 2.02. The number of hydrogen-bond acceptors (Lipinski definition) is 0. The van der Waals surface area contributed by atoms with E-state index in [1.807, 2.05) is 21.1 Å². The Bertz CT molecular complexity index is 167. The van der Waals surface area contributed by atoms with Crippen molar-refractivity contribution >= 4 is 45.5 Å². The highest BCUT2D eigenvalue weighted by atomic mass is 127. The molecule has 0 saturated carbocycles. The van der Waals surface area contributed by atoms with Crippen molar-refractivity contribution in [3.8, 4) is 0 Å². The topological polar surface area (TPSA) is 3.88 Å². The molecule has 0 aliphatic heterocycles. The molecule has 0 aromatic carbocycles. The predicted octanol–water partition coefficient (Wildman–Crippen LogP) is 1.78. The van der Waals surface area contributed by atoms with Crippen LogP contribution in [0.3, 0.4) is 0 Å². The van der Waals surface area contributed by atoms with Crippen molar-refractivity contribution in [2.45, 2.75) is 0 Å². The molecule has 1 rings (SSSR count). The van der Waals surface area contributed by atoms with Gasteiger partial charge in [-0.2, -0.15) is 0 Å². The first kappa shape index (κ1) is 6.73. The Morgan fingerprint density at radius 2 is 2.12 bits per heavy atom. The zero-order chi connectivity index (χ0) is 5.98. The zero-order valence-electron chi connectivity index (χ0n) is 4.01. The van der Waals surface area contributed by atoms with Crippen LogP contribution in [-0.4, -0.2) is 0 Å². The summed E-state index contributed by atoms with van der Waals surface area (Å²) >= 11 is 4.51. The molecule has 0 radical (unpaired) electrons. The van der Waals surface area contributed by atoms with Gasteiger partial charge in [0.25, 0.3) is 0 Å². The lowest BCUT2D eigenvalue weighted by molar-refractivity contribution is -0.455. The summed E-state index contributed by atoms with van der Waals surface area (Å²) in [4.78, 5) is 0. The molecule has 8 heavy (non-hydrogen) atoms. The van der Waals surface area contributed by atoms with Crippen molar-refractivity contribution in [3.05, 3.63) is 28.1 Å². The number of hydrogen-bond donors (Lipinski definition) is 0. The molecule has 0 N–H and O–H groups in total. The summed E-state index contributed by atoms with van der Waals surface area (Å²) in [5.41, 5.74) is 0. The minimum Gasteiger partial charge on any atom is -0.132 e. The smallest absolute Gasteiger partial charge is 0.132 e. The summed E-state index contributed by atoms with van der Waals surface area (Å²) in [6.45, 7) is 0. The summed E-state index contributed by atoms with van der Waals surface area (Å²) < 4.78 is 3.28. The second-order valence-corrected chi connectivity index (χ2v) is 3.48. The van der Waals surface area contributed by atoms with Crippen LogP contribution in [0.5, 0.6) is 0 Å². The average Bonchev–Trinajstić information content (AvgIpc) is 1.77. The van der Waals surface area contributed by atoms with Crippen LogP contribution >= 0.6 is 45.5 Å². The first-order chi connectivity index (χ1) is 3.80. The second kappa shape index (κ2) is 2.95.